The highest BCUT2D eigenvalue weighted by Gasteiger charge is 2.20. The molecular weight excluding hydrogens is 244 g/mol. The summed E-state index contributed by atoms with van der Waals surface area (Å²) in [7, 11) is 0. The summed E-state index contributed by atoms with van der Waals surface area (Å²) in [4.78, 5) is 10.4. The normalized spacial score (nSPS) is 17.4. The zero-order chi connectivity index (χ0) is 13.2. The van der Waals surface area contributed by atoms with Crippen molar-refractivity contribution in [3.8, 4) is 0 Å². The van der Waals surface area contributed by atoms with Crippen molar-refractivity contribution >= 4 is 11.4 Å². The van der Waals surface area contributed by atoms with E-state index in [-0.39, 0.29) is 11.9 Å². The number of fused-ring (bicyclic) bond motifs is 1. The number of nitrogens with zero attached hydrogens (tertiary/aromatic N) is 1. The van der Waals surface area contributed by atoms with Gasteiger partial charge in [0, 0.05) is 28.9 Å². The van der Waals surface area contributed by atoms with Crippen LogP contribution in [0.2, 0.25) is 0 Å². The second-order valence-electron chi connectivity index (χ2n) is 4.34. The molecule has 0 fully saturated rings. The van der Waals surface area contributed by atoms with Crippen LogP contribution in [0, 0.1) is 10.1 Å². The first kappa shape index (κ1) is 11.7. The molecule has 0 amide bonds. The van der Waals surface area contributed by atoms with E-state index >= 15 is 0 Å². The second-order valence-corrected chi connectivity index (χ2v) is 4.34. The summed E-state index contributed by atoms with van der Waals surface area (Å²) in [6.45, 7) is 0.497. The van der Waals surface area contributed by atoms with Crippen LogP contribution in [0.25, 0.3) is 0 Å². The van der Waals surface area contributed by atoms with E-state index < -0.39 is 4.92 Å². The number of nitro benzene ring substituents is 1. The van der Waals surface area contributed by atoms with Gasteiger partial charge in [0.2, 0.25) is 0 Å². The summed E-state index contributed by atoms with van der Waals surface area (Å²) in [6.07, 6.45) is -0.352. The number of para-hydroxylation sites is 1. The molecule has 1 heterocycles. The molecule has 3 rings (SSSR count). The van der Waals surface area contributed by atoms with Crippen LogP contribution in [0.3, 0.4) is 0 Å². The molecule has 1 atom stereocenters. The number of benzene rings is 2. The van der Waals surface area contributed by atoms with E-state index in [1.165, 1.54) is 12.1 Å². The first-order chi connectivity index (χ1) is 9.24. The Balaban J connectivity index is 1.89. The van der Waals surface area contributed by atoms with E-state index in [0.29, 0.717) is 6.61 Å². The zero-order valence-corrected chi connectivity index (χ0v) is 10.1. The Morgan fingerprint density at radius 2 is 2.05 bits per heavy atom. The van der Waals surface area contributed by atoms with Crippen LogP contribution in [0.5, 0.6) is 0 Å². The lowest BCUT2D eigenvalue weighted by atomic mass is 10.1. The number of ether oxygens (including phenoxy) is 1. The molecule has 0 aromatic heterocycles. The maximum Gasteiger partial charge on any atom is 0.269 e. The predicted molar refractivity (Wildman–Crippen MR) is 70.7 cm³/mol. The lowest BCUT2D eigenvalue weighted by molar-refractivity contribution is -0.385. The maximum absolute atomic E-state index is 10.8. The van der Waals surface area contributed by atoms with E-state index in [1.54, 1.807) is 6.07 Å². The number of anilines is 1. The lowest BCUT2D eigenvalue weighted by Gasteiger charge is -2.27. The molecule has 1 N–H and O–H groups in total. The fourth-order valence-electron chi connectivity index (χ4n) is 2.12. The minimum atomic E-state index is -0.403. The van der Waals surface area contributed by atoms with Crippen molar-refractivity contribution in [2.45, 2.75) is 12.8 Å². The number of non-ortho nitro benzene ring substituents is 1. The highest BCUT2D eigenvalue weighted by molar-refractivity contribution is 5.53. The third-order valence-corrected chi connectivity index (χ3v) is 3.09. The van der Waals surface area contributed by atoms with Crippen LogP contribution in [-0.4, -0.2) is 4.92 Å². The average molecular weight is 256 g/mol. The quantitative estimate of drug-likeness (QED) is 0.661. The molecule has 5 nitrogen and oxygen atoms in total. The Morgan fingerprint density at radius 1 is 1.21 bits per heavy atom. The standard InChI is InChI=1S/C14H12N2O3/c17-16(18)12-6-3-5-10(8-12)14-15-13-7-2-1-4-11(13)9-19-14/h1-8,14-15H,9H2/t14-/m0/s1. The van der Waals surface area contributed by atoms with Gasteiger partial charge in [-0.15, -0.1) is 0 Å². The first-order valence-electron chi connectivity index (χ1n) is 5.94. The van der Waals surface area contributed by atoms with Crippen LogP contribution >= 0.6 is 0 Å². The Morgan fingerprint density at radius 3 is 2.89 bits per heavy atom. The molecule has 0 saturated carbocycles. The highest BCUT2D eigenvalue weighted by Crippen LogP contribution is 2.31. The minimum Gasteiger partial charge on any atom is -0.356 e. The van der Waals surface area contributed by atoms with E-state index in [2.05, 4.69) is 5.32 Å². The van der Waals surface area contributed by atoms with E-state index in [4.69, 9.17) is 4.74 Å². The van der Waals surface area contributed by atoms with Gasteiger partial charge in [0.25, 0.3) is 5.69 Å². The van der Waals surface area contributed by atoms with Crippen LogP contribution < -0.4 is 5.32 Å². The molecule has 0 spiro atoms. The smallest absolute Gasteiger partial charge is 0.269 e. The van der Waals surface area contributed by atoms with Crippen LogP contribution in [0.15, 0.2) is 48.5 Å². The fraction of sp³-hybridized carbons (Fsp3) is 0.143. The Kier molecular flexibility index (Phi) is 2.89. The van der Waals surface area contributed by atoms with Gasteiger partial charge in [0.1, 0.15) is 0 Å². The monoisotopic (exact) mass is 256 g/mol. The number of nitro groups is 1. The van der Waals surface area contributed by atoms with Crippen molar-refractivity contribution in [1.82, 2.24) is 0 Å². The van der Waals surface area contributed by atoms with E-state index in [0.717, 1.165) is 16.8 Å². The second kappa shape index (κ2) is 4.70. The van der Waals surface area contributed by atoms with Crippen molar-refractivity contribution < 1.29 is 9.66 Å². The van der Waals surface area contributed by atoms with Crippen molar-refractivity contribution in [2.24, 2.45) is 0 Å². The molecule has 2 aromatic rings. The molecule has 0 saturated heterocycles. The zero-order valence-electron chi connectivity index (χ0n) is 10.1. The Hall–Kier alpha value is -2.40. The van der Waals surface area contributed by atoms with Crippen LogP contribution in [0.1, 0.15) is 17.4 Å². The molecule has 96 valence electrons. The van der Waals surface area contributed by atoms with Crippen LogP contribution in [0.4, 0.5) is 11.4 Å². The predicted octanol–water partition coefficient (Wildman–Crippen LogP) is 3.24. The average Bonchev–Trinajstić information content (AvgIpc) is 2.47. The van der Waals surface area contributed by atoms with Crippen LogP contribution in [-0.2, 0) is 11.3 Å². The van der Waals surface area contributed by atoms with Gasteiger partial charge in [-0.1, -0.05) is 30.3 Å². The van der Waals surface area contributed by atoms with Gasteiger partial charge in [-0.3, -0.25) is 10.1 Å². The molecule has 1 aliphatic rings. The van der Waals surface area contributed by atoms with Gasteiger partial charge in [0.15, 0.2) is 6.23 Å². The highest BCUT2D eigenvalue weighted by atomic mass is 16.6. The molecule has 1 aliphatic heterocycles. The number of nitrogens with one attached hydrogen (secondary N) is 1. The summed E-state index contributed by atoms with van der Waals surface area (Å²) in [6, 6.07) is 14.4. The van der Waals surface area contributed by atoms with Crippen molar-refractivity contribution in [3.63, 3.8) is 0 Å². The van der Waals surface area contributed by atoms with Gasteiger partial charge in [-0.2, -0.15) is 0 Å². The first-order valence-corrected chi connectivity index (χ1v) is 5.94. The largest absolute Gasteiger partial charge is 0.356 e. The van der Waals surface area contributed by atoms with Gasteiger partial charge in [-0.05, 0) is 6.07 Å². The summed E-state index contributed by atoms with van der Waals surface area (Å²) in [5, 5.41) is 14.0. The number of hydrogen-bond acceptors (Lipinski definition) is 4. The molecule has 0 radical (unpaired) electrons. The summed E-state index contributed by atoms with van der Waals surface area (Å²) >= 11 is 0. The minimum absolute atomic E-state index is 0.0711. The van der Waals surface area contributed by atoms with E-state index in [1.807, 2.05) is 30.3 Å². The van der Waals surface area contributed by atoms with Crippen molar-refractivity contribution in [1.29, 1.82) is 0 Å². The third-order valence-electron chi connectivity index (χ3n) is 3.09. The van der Waals surface area contributed by atoms with Crippen molar-refractivity contribution in [3.05, 3.63) is 69.8 Å². The van der Waals surface area contributed by atoms with Gasteiger partial charge in [0.05, 0.1) is 11.5 Å². The Bertz CT molecular complexity index is 628. The topological polar surface area (TPSA) is 64.4 Å². The van der Waals surface area contributed by atoms with Crippen molar-refractivity contribution in [2.75, 3.05) is 5.32 Å². The molecule has 0 bridgehead atoms. The third kappa shape index (κ3) is 2.28. The maximum atomic E-state index is 10.8. The number of hydrogen-bond donors (Lipinski definition) is 1. The molecule has 2 aromatic carbocycles. The molecule has 0 aliphatic carbocycles. The fourth-order valence-corrected chi connectivity index (χ4v) is 2.12. The number of rotatable bonds is 2. The summed E-state index contributed by atoms with van der Waals surface area (Å²) in [5.74, 6) is 0. The van der Waals surface area contributed by atoms with Gasteiger partial charge in [-0.25, -0.2) is 0 Å². The molecular formula is C14H12N2O3. The van der Waals surface area contributed by atoms with Gasteiger partial charge >= 0.3 is 0 Å². The van der Waals surface area contributed by atoms with E-state index in [9.17, 15) is 10.1 Å². The summed E-state index contributed by atoms with van der Waals surface area (Å²) in [5.41, 5.74) is 2.92. The van der Waals surface area contributed by atoms with Gasteiger partial charge < -0.3 is 10.1 Å². The Labute approximate surface area is 110 Å². The molecule has 19 heavy (non-hydrogen) atoms. The lowest BCUT2D eigenvalue weighted by Crippen LogP contribution is -2.20. The SMILES string of the molecule is O=[N+]([O-])c1cccc([C@H]2Nc3ccccc3CO2)c1. The summed E-state index contributed by atoms with van der Waals surface area (Å²) < 4.78 is 5.69. The molecule has 0 unspecified atom stereocenters. The molecule has 5 heteroatoms.